The average Bonchev–Trinajstić information content (AvgIpc) is 3.13. The van der Waals surface area contributed by atoms with Gasteiger partial charge in [-0.3, -0.25) is 9.48 Å². The van der Waals surface area contributed by atoms with E-state index in [0.29, 0.717) is 35.9 Å². The van der Waals surface area contributed by atoms with E-state index in [9.17, 15) is 9.18 Å². The van der Waals surface area contributed by atoms with Gasteiger partial charge in [-0.15, -0.1) is 0 Å². The largest absolute Gasteiger partial charge is 0.348 e. The Bertz CT molecular complexity index is 1230. The van der Waals surface area contributed by atoms with E-state index in [1.807, 2.05) is 4.68 Å². The summed E-state index contributed by atoms with van der Waals surface area (Å²) in [4.78, 5) is 22.9. The third kappa shape index (κ3) is 2.50. The van der Waals surface area contributed by atoms with Gasteiger partial charge in [0.15, 0.2) is 0 Å². The van der Waals surface area contributed by atoms with Gasteiger partial charge in [0.2, 0.25) is 0 Å². The molecule has 8 nitrogen and oxygen atoms in total. The van der Waals surface area contributed by atoms with Crippen LogP contribution >= 0.6 is 0 Å². The number of hydrogen-bond acceptors (Lipinski definition) is 4. The number of aromatic amines is 1. The molecule has 29 heavy (non-hydrogen) atoms. The standard InChI is InChI=1S/C20H18FN7O/c21-13-2-1-8-27-17(13)10-15(25-27)19-18-14(22-11-23-18)6-9-26(19)20(29)16-5-7-24-28(16)12-3-4-12/h1-2,5,7-8,10-12,19H,3-4,6,9H2,(H,22,23)/t19-/m1/s1. The van der Waals surface area contributed by atoms with Crippen molar-refractivity contribution in [2.24, 2.45) is 0 Å². The first kappa shape index (κ1) is 16.5. The van der Waals surface area contributed by atoms with Crippen molar-refractivity contribution in [3.8, 4) is 0 Å². The number of halogens is 1. The molecule has 0 unspecified atom stereocenters. The van der Waals surface area contributed by atoms with E-state index in [1.54, 1.807) is 41.8 Å². The molecule has 0 bridgehead atoms. The second kappa shape index (κ2) is 6.00. The summed E-state index contributed by atoms with van der Waals surface area (Å²) in [5.74, 6) is -0.459. The summed E-state index contributed by atoms with van der Waals surface area (Å²) in [6.45, 7) is 0.519. The smallest absolute Gasteiger partial charge is 0.273 e. The Labute approximate surface area is 165 Å². The van der Waals surface area contributed by atoms with Crippen LogP contribution in [-0.4, -0.2) is 46.7 Å². The fourth-order valence-electron chi connectivity index (χ4n) is 4.17. The molecule has 5 heterocycles. The number of imidazole rings is 1. The molecule has 1 aliphatic heterocycles. The Balaban J connectivity index is 1.47. The van der Waals surface area contributed by atoms with Gasteiger partial charge in [0.1, 0.15) is 23.1 Å². The second-order valence-electron chi connectivity index (χ2n) is 7.56. The maximum atomic E-state index is 14.3. The minimum atomic E-state index is -0.487. The number of nitrogens with one attached hydrogen (secondary N) is 1. The molecule has 0 saturated heterocycles. The van der Waals surface area contributed by atoms with Crippen molar-refractivity contribution in [3.05, 3.63) is 71.6 Å². The van der Waals surface area contributed by atoms with E-state index < -0.39 is 6.04 Å². The van der Waals surface area contributed by atoms with Crippen LogP contribution in [0.4, 0.5) is 4.39 Å². The molecule has 0 aromatic carbocycles. The maximum absolute atomic E-state index is 14.3. The summed E-state index contributed by atoms with van der Waals surface area (Å²) in [5, 5.41) is 8.92. The first-order valence-corrected chi connectivity index (χ1v) is 9.71. The van der Waals surface area contributed by atoms with Crippen molar-refractivity contribution >= 4 is 11.4 Å². The molecule has 1 N–H and O–H groups in total. The van der Waals surface area contributed by atoms with Crippen molar-refractivity contribution in [3.63, 3.8) is 0 Å². The van der Waals surface area contributed by atoms with Crippen LogP contribution in [-0.2, 0) is 6.42 Å². The van der Waals surface area contributed by atoms with Gasteiger partial charge in [0.25, 0.3) is 5.91 Å². The second-order valence-corrected chi connectivity index (χ2v) is 7.56. The summed E-state index contributed by atoms with van der Waals surface area (Å²) in [6.07, 6.45) is 7.77. The molecule has 6 rings (SSSR count). The summed E-state index contributed by atoms with van der Waals surface area (Å²) in [7, 11) is 0. The van der Waals surface area contributed by atoms with Crippen LogP contribution in [0.3, 0.4) is 0 Å². The Morgan fingerprint density at radius 3 is 3.00 bits per heavy atom. The van der Waals surface area contributed by atoms with Crippen molar-refractivity contribution < 1.29 is 9.18 Å². The Hall–Kier alpha value is -3.49. The van der Waals surface area contributed by atoms with Gasteiger partial charge in [-0.05, 0) is 37.1 Å². The highest BCUT2D eigenvalue weighted by Gasteiger charge is 2.38. The topological polar surface area (TPSA) is 84.1 Å². The van der Waals surface area contributed by atoms with Crippen molar-refractivity contribution in [1.29, 1.82) is 0 Å². The van der Waals surface area contributed by atoms with E-state index in [0.717, 1.165) is 24.2 Å². The van der Waals surface area contributed by atoms with Crippen LogP contribution in [0.25, 0.3) is 5.52 Å². The molecule has 4 aromatic rings. The van der Waals surface area contributed by atoms with Gasteiger partial charge < -0.3 is 9.88 Å². The van der Waals surface area contributed by atoms with Gasteiger partial charge in [-0.1, -0.05) is 0 Å². The summed E-state index contributed by atoms with van der Waals surface area (Å²) < 4.78 is 17.6. The number of H-pyrrole nitrogens is 1. The van der Waals surface area contributed by atoms with Crippen LogP contribution in [0, 0.1) is 5.82 Å². The van der Waals surface area contributed by atoms with Crippen molar-refractivity contribution in [1.82, 2.24) is 34.3 Å². The van der Waals surface area contributed by atoms with Crippen LogP contribution in [0.1, 0.15) is 52.5 Å². The third-order valence-corrected chi connectivity index (χ3v) is 5.72. The zero-order valence-electron chi connectivity index (χ0n) is 15.5. The van der Waals surface area contributed by atoms with Gasteiger partial charge in [-0.25, -0.2) is 13.9 Å². The number of nitrogens with zero attached hydrogens (tertiary/aromatic N) is 6. The average molecular weight is 391 g/mol. The zero-order valence-corrected chi connectivity index (χ0v) is 15.5. The lowest BCUT2D eigenvalue weighted by Gasteiger charge is -2.34. The molecule has 2 aliphatic rings. The fraction of sp³-hybridized carbons (Fsp3) is 0.300. The van der Waals surface area contributed by atoms with E-state index in [-0.39, 0.29) is 11.7 Å². The summed E-state index contributed by atoms with van der Waals surface area (Å²) in [6, 6.07) is 6.29. The molecule has 9 heteroatoms. The van der Waals surface area contributed by atoms with E-state index in [4.69, 9.17) is 0 Å². The molecule has 4 aromatic heterocycles. The molecule has 146 valence electrons. The predicted octanol–water partition coefficient (Wildman–Crippen LogP) is 2.52. The predicted molar refractivity (Wildman–Crippen MR) is 101 cm³/mol. The van der Waals surface area contributed by atoms with Crippen molar-refractivity contribution in [2.45, 2.75) is 31.3 Å². The normalized spacial score (nSPS) is 18.9. The number of hydrogen-bond donors (Lipinski definition) is 1. The zero-order chi connectivity index (χ0) is 19.5. The van der Waals surface area contributed by atoms with Crippen LogP contribution in [0.5, 0.6) is 0 Å². The Kier molecular flexibility index (Phi) is 3.41. The fourth-order valence-corrected chi connectivity index (χ4v) is 4.17. The third-order valence-electron chi connectivity index (χ3n) is 5.72. The number of carbonyl (C=O) groups is 1. The number of carbonyl (C=O) groups excluding carboxylic acids is 1. The van der Waals surface area contributed by atoms with Crippen molar-refractivity contribution in [2.75, 3.05) is 6.54 Å². The van der Waals surface area contributed by atoms with E-state index in [2.05, 4.69) is 20.2 Å². The molecular formula is C20H18FN7O. The summed E-state index contributed by atoms with van der Waals surface area (Å²) in [5.41, 5.74) is 3.28. The molecule has 0 radical (unpaired) electrons. The maximum Gasteiger partial charge on any atom is 0.273 e. The SMILES string of the molecule is O=C(c1ccnn1C1CC1)N1CCc2[nH]cnc2[C@H]1c1cc2c(F)cccn2n1. The molecule has 1 aliphatic carbocycles. The molecule has 0 spiro atoms. The lowest BCUT2D eigenvalue weighted by Crippen LogP contribution is -2.41. The molecule has 1 amide bonds. The van der Waals surface area contributed by atoms with E-state index in [1.165, 1.54) is 10.6 Å². The van der Waals surface area contributed by atoms with Gasteiger partial charge in [0.05, 0.1) is 23.8 Å². The molecular weight excluding hydrogens is 373 g/mol. The summed E-state index contributed by atoms with van der Waals surface area (Å²) >= 11 is 0. The minimum Gasteiger partial charge on any atom is -0.348 e. The first-order valence-electron chi connectivity index (χ1n) is 9.71. The number of aromatic nitrogens is 6. The molecule has 1 fully saturated rings. The quantitative estimate of drug-likeness (QED) is 0.582. The Morgan fingerprint density at radius 1 is 1.28 bits per heavy atom. The number of amides is 1. The Morgan fingerprint density at radius 2 is 2.17 bits per heavy atom. The molecule has 1 saturated carbocycles. The molecule has 1 atom stereocenters. The van der Waals surface area contributed by atoms with Gasteiger partial charge in [0, 0.05) is 31.1 Å². The van der Waals surface area contributed by atoms with Crippen LogP contribution < -0.4 is 0 Å². The van der Waals surface area contributed by atoms with Gasteiger partial charge >= 0.3 is 0 Å². The first-order chi connectivity index (χ1) is 14.2. The van der Waals surface area contributed by atoms with E-state index >= 15 is 0 Å². The van der Waals surface area contributed by atoms with Gasteiger partial charge in [-0.2, -0.15) is 10.2 Å². The lowest BCUT2D eigenvalue weighted by molar-refractivity contribution is 0.0673. The number of pyridine rings is 1. The minimum absolute atomic E-state index is 0.106. The highest BCUT2D eigenvalue weighted by atomic mass is 19.1. The number of fused-ring (bicyclic) bond motifs is 2. The highest BCUT2D eigenvalue weighted by molar-refractivity contribution is 5.93. The monoisotopic (exact) mass is 391 g/mol. The van der Waals surface area contributed by atoms with Crippen LogP contribution in [0.15, 0.2) is 43.0 Å². The number of rotatable bonds is 3. The lowest BCUT2D eigenvalue weighted by atomic mass is 9.99. The highest BCUT2D eigenvalue weighted by Crippen LogP contribution is 2.37. The van der Waals surface area contributed by atoms with Crippen LogP contribution in [0.2, 0.25) is 0 Å².